The number of carbonyl (C=O) groups excluding carboxylic acids is 1. The van der Waals surface area contributed by atoms with Crippen molar-refractivity contribution < 1.29 is 14.5 Å². The topological polar surface area (TPSA) is 93.5 Å². The summed E-state index contributed by atoms with van der Waals surface area (Å²) in [7, 11) is 1.39. The van der Waals surface area contributed by atoms with Crippen LogP contribution in [0.25, 0.3) is 10.8 Å². The van der Waals surface area contributed by atoms with Gasteiger partial charge in [0, 0.05) is 16.1 Å². The van der Waals surface area contributed by atoms with E-state index in [1.807, 2.05) is 24.3 Å². The van der Waals surface area contributed by atoms with Gasteiger partial charge in [0.05, 0.1) is 23.8 Å². The van der Waals surface area contributed by atoms with E-state index in [-0.39, 0.29) is 22.5 Å². The number of nitro benzene ring substituents is 1. The normalized spacial score (nSPS) is 10.4. The zero-order valence-electron chi connectivity index (χ0n) is 14.6. The van der Waals surface area contributed by atoms with Crippen LogP contribution in [0.5, 0.6) is 5.75 Å². The molecule has 9 heteroatoms. The van der Waals surface area contributed by atoms with E-state index in [0.717, 1.165) is 15.2 Å². The van der Waals surface area contributed by atoms with Crippen molar-refractivity contribution in [1.29, 1.82) is 0 Å². The number of benzene rings is 3. The van der Waals surface area contributed by atoms with Crippen molar-refractivity contribution in [3.8, 4) is 5.75 Å². The molecule has 1 amide bonds. The largest absolute Gasteiger partial charge is 0.494 e. The van der Waals surface area contributed by atoms with Crippen LogP contribution < -0.4 is 15.4 Å². The molecule has 0 saturated carbocycles. The van der Waals surface area contributed by atoms with E-state index >= 15 is 0 Å². The molecule has 3 rings (SSSR count). The summed E-state index contributed by atoms with van der Waals surface area (Å²) in [6, 6.07) is 15.1. The molecule has 2 N–H and O–H groups in total. The Morgan fingerprint density at radius 1 is 1.14 bits per heavy atom. The van der Waals surface area contributed by atoms with Crippen LogP contribution in [0.3, 0.4) is 0 Å². The smallest absolute Gasteiger partial charge is 0.273 e. The number of carbonyl (C=O) groups is 1. The zero-order chi connectivity index (χ0) is 20.3. The predicted molar refractivity (Wildman–Crippen MR) is 115 cm³/mol. The lowest BCUT2D eigenvalue weighted by Gasteiger charge is -2.13. The minimum absolute atomic E-state index is 0.0455. The number of methoxy groups -OCH3 is 1. The molecule has 0 saturated heterocycles. The molecular weight excluding hydrogens is 446 g/mol. The summed E-state index contributed by atoms with van der Waals surface area (Å²) in [6.07, 6.45) is 0. The summed E-state index contributed by atoms with van der Waals surface area (Å²) in [5.41, 5.74) is 0.761. The number of non-ortho nitro benzene ring substituents is 1. The van der Waals surface area contributed by atoms with Gasteiger partial charge in [-0.2, -0.15) is 0 Å². The summed E-state index contributed by atoms with van der Waals surface area (Å²) in [5.74, 6) is -0.137. The van der Waals surface area contributed by atoms with E-state index in [1.54, 1.807) is 12.1 Å². The number of halogens is 1. The Morgan fingerprint density at radius 2 is 1.86 bits per heavy atom. The molecule has 0 unspecified atom stereocenters. The number of hydrogen-bond acceptors (Lipinski definition) is 5. The Hall–Kier alpha value is -3.04. The first kappa shape index (κ1) is 19.7. The molecule has 0 atom stereocenters. The van der Waals surface area contributed by atoms with Gasteiger partial charge in [-0.05, 0) is 41.2 Å². The van der Waals surface area contributed by atoms with Gasteiger partial charge in [0.25, 0.3) is 11.6 Å². The minimum atomic E-state index is -0.523. The molecule has 0 bridgehead atoms. The van der Waals surface area contributed by atoms with Crippen LogP contribution in [-0.2, 0) is 0 Å². The average molecular weight is 460 g/mol. The van der Waals surface area contributed by atoms with Gasteiger partial charge in [-0.1, -0.05) is 40.2 Å². The second kappa shape index (κ2) is 8.32. The first-order chi connectivity index (χ1) is 13.4. The molecular formula is C19H14BrN3O4S. The van der Waals surface area contributed by atoms with Crippen molar-refractivity contribution in [3.05, 3.63) is 74.7 Å². The van der Waals surface area contributed by atoms with E-state index in [0.29, 0.717) is 11.3 Å². The van der Waals surface area contributed by atoms with Crippen molar-refractivity contribution in [1.82, 2.24) is 5.32 Å². The number of thiocarbonyl (C=S) groups is 1. The van der Waals surface area contributed by atoms with Crippen molar-refractivity contribution in [2.24, 2.45) is 0 Å². The maximum Gasteiger partial charge on any atom is 0.273 e. The Morgan fingerprint density at radius 3 is 2.57 bits per heavy atom. The molecule has 0 aliphatic heterocycles. The second-order valence-electron chi connectivity index (χ2n) is 5.69. The third kappa shape index (κ3) is 4.10. The van der Waals surface area contributed by atoms with Crippen molar-refractivity contribution in [3.63, 3.8) is 0 Å². The van der Waals surface area contributed by atoms with E-state index in [2.05, 4.69) is 26.6 Å². The average Bonchev–Trinajstić information content (AvgIpc) is 2.68. The molecule has 142 valence electrons. The molecule has 0 heterocycles. The van der Waals surface area contributed by atoms with Gasteiger partial charge in [-0.15, -0.1) is 0 Å². The Labute approximate surface area is 174 Å². The predicted octanol–water partition coefficient (Wildman–Crippen LogP) is 4.65. The van der Waals surface area contributed by atoms with E-state index in [4.69, 9.17) is 17.0 Å². The fourth-order valence-electron chi connectivity index (χ4n) is 2.69. The molecule has 3 aromatic carbocycles. The Balaban J connectivity index is 1.80. The monoisotopic (exact) mass is 459 g/mol. The van der Waals surface area contributed by atoms with Crippen molar-refractivity contribution in [2.75, 3.05) is 12.4 Å². The van der Waals surface area contributed by atoms with Crippen LogP contribution >= 0.6 is 28.1 Å². The molecule has 0 radical (unpaired) electrons. The molecule has 3 aromatic rings. The molecule has 0 aromatic heterocycles. The quantitative estimate of drug-likeness (QED) is 0.335. The van der Waals surface area contributed by atoms with Crippen LogP contribution in [0.1, 0.15) is 10.4 Å². The fourth-order valence-corrected chi connectivity index (χ4v) is 3.39. The maximum absolute atomic E-state index is 12.7. The summed E-state index contributed by atoms with van der Waals surface area (Å²) in [6.45, 7) is 0. The lowest BCUT2D eigenvalue weighted by molar-refractivity contribution is -0.384. The SMILES string of the molecule is COc1cc([N+](=O)[O-])ccc1NC(=S)NC(=O)c1cccc2c(Br)cccc12. The number of anilines is 1. The first-order valence-corrected chi connectivity index (χ1v) is 9.23. The number of ether oxygens (including phenoxy) is 1. The zero-order valence-corrected chi connectivity index (χ0v) is 17.0. The molecule has 28 heavy (non-hydrogen) atoms. The van der Waals surface area contributed by atoms with Crippen LogP contribution in [0.15, 0.2) is 59.1 Å². The van der Waals surface area contributed by atoms with Crippen LogP contribution in [0.2, 0.25) is 0 Å². The van der Waals surface area contributed by atoms with Gasteiger partial charge in [-0.3, -0.25) is 20.2 Å². The number of fused-ring (bicyclic) bond motifs is 1. The third-order valence-corrected chi connectivity index (χ3v) is 4.88. The highest BCUT2D eigenvalue weighted by Crippen LogP contribution is 2.29. The van der Waals surface area contributed by atoms with Crippen molar-refractivity contribution in [2.45, 2.75) is 0 Å². The third-order valence-electron chi connectivity index (χ3n) is 3.98. The van der Waals surface area contributed by atoms with Gasteiger partial charge in [0.2, 0.25) is 0 Å². The molecule has 0 spiro atoms. The van der Waals surface area contributed by atoms with E-state index in [9.17, 15) is 14.9 Å². The summed E-state index contributed by atoms with van der Waals surface area (Å²) < 4.78 is 6.04. The minimum Gasteiger partial charge on any atom is -0.494 e. The maximum atomic E-state index is 12.7. The van der Waals surface area contributed by atoms with E-state index < -0.39 is 4.92 Å². The van der Waals surface area contributed by atoms with E-state index in [1.165, 1.54) is 25.3 Å². The van der Waals surface area contributed by atoms with Crippen LogP contribution in [-0.4, -0.2) is 23.1 Å². The lowest BCUT2D eigenvalue weighted by Crippen LogP contribution is -2.34. The standard InChI is InChI=1S/C19H14BrN3O4S/c1-27-17-10-11(23(25)26)8-9-16(17)21-19(28)22-18(24)14-6-2-5-13-12(14)4-3-7-15(13)20/h2-10H,1H3,(H2,21,22,24,28). The van der Waals surface area contributed by atoms with Gasteiger partial charge >= 0.3 is 0 Å². The van der Waals surface area contributed by atoms with Gasteiger partial charge < -0.3 is 10.1 Å². The van der Waals surface area contributed by atoms with Gasteiger partial charge in [-0.25, -0.2) is 0 Å². The van der Waals surface area contributed by atoms with Crippen LogP contribution in [0.4, 0.5) is 11.4 Å². The molecule has 7 nitrogen and oxygen atoms in total. The number of rotatable bonds is 4. The molecule has 0 aliphatic rings. The Bertz CT molecular complexity index is 1100. The summed E-state index contributed by atoms with van der Waals surface area (Å²) in [4.78, 5) is 23.1. The molecule has 0 fully saturated rings. The fraction of sp³-hybridized carbons (Fsp3) is 0.0526. The van der Waals surface area contributed by atoms with Gasteiger partial charge in [0.1, 0.15) is 5.75 Å². The highest BCUT2D eigenvalue weighted by atomic mass is 79.9. The van der Waals surface area contributed by atoms with Gasteiger partial charge in [0.15, 0.2) is 5.11 Å². The second-order valence-corrected chi connectivity index (χ2v) is 6.95. The Kier molecular flexibility index (Phi) is 5.86. The summed E-state index contributed by atoms with van der Waals surface area (Å²) >= 11 is 8.69. The van der Waals surface area contributed by atoms with Crippen molar-refractivity contribution >= 4 is 61.3 Å². The number of nitrogens with one attached hydrogen (secondary N) is 2. The highest BCUT2D eigenvalue weighted by Gasteiger charge is 2.15. The number of nitro groups is 1. The lowest BCUT2D eigenvalue weighted by atomic mass is 10.0. The number of hydrogen-bond donors (Lipinski definition) is 2. The summed E-state index contributed by atoms with van der Waals surface area (Å²) in [5, 5.41) is 18.1. The molecule has 0 aliphatic carbocycles. The first-order valence-electron chi connectivity index (χ1n) is 8.02. The number of nitrogens with zero attached hydrogens (tertiary/aromatic N) is 1. The van der Waals surface area contributed by atoms with Crippen LogP contribution in [0, 0.1) is 10.1 Å². The number of amides is 1. The highest BCUT2D eigenvalue weighted by molar-refractivity contribution is 9.10.